The topological polar surface area (TPSA) is 85.3 Å². The van der Waals surface area contributed by atoms with Crippen LogP contribution in [-0.4, -0.2) is 42.6 Å². The summed E-state index contributed by atoms with van der Waals surface area (Å²) in [5, 5.41) is -1.68. The van der Waals surface area contributed by atoms with Crippen LogP contribution in [0.1, 0.15) is 53.4 Å². The van der Waals surface area contributed by atoms with Crippen molar-refractivity contribution >= 4 is 25.5 Å². The Hall–Kier alpha value is -0.430. The van der Waals surface area contributed by atoms with Gasteiger partial charge in [-0.05, 0) is 52.9 Å². The molecule has 0 aromatic carbocycles. The lowest BCUT2D eigenvalue weighted by Gasteiger charge is -2.35. The zero-order valence-corrected chi connectivity index (χ0v) is 15.1. The van der Waals surface area contributed by atoms with Gasteiger partial charge in [-0.15, -0.1) is 0 Å². The van der Waals surface area contributed by atoms with Crippen molar-refractivity contribution in [2.45, 2.75) is 73.4 Å². The summed E-state index contributed by atoms with van der Waals surface area (Å²) in [6.07, 6.45) is 1.62. The van der Waals surface area contributed by atoms with Crippen LogP contribution in [0.3, 0.4) is 0 Å². The average molecular weight is 348 g/mol. The maximum atomic E-state index is 12.9. The van der Waals surface area contributed by atoms with Crippen LogP contribution in [0.25, 0.3) is 0 Å². The third-order valence-electron chi connectivity index (χ3n) is 6.64. The lowest BCUT2D eigenvalue weighted by atomic mass is 9.81. The molecule has 22 heavy (non-hydrogen) atoms. The normalized spacial score (nSPS) is 47.0. The Balaban J connectivity index is 2.23. The van der Waals surface area contributed by atoms with E-state index in [1.165, 1.54) is 0 Å². The highest BCUT2D eigenvalue weighted by Gasteiger charge is 2.74. The van der Waals surface area contributed by atoms with E-state index in [0.29, 0.717) is 19.3 Å². The molecule has 2 saturated heterocycles. The van der Waals surface area contributed by atoms with Gasteiger partial charge in [-0.1, -0.05) is 0 Å². The van der Waals surface area contributed by atoms with Gasteiger partial charge in [0.05, 0.1) is 14.7 Å². The van der Waals surface area contributed by atoms with Crippen LogP contribution in [0.15, 0.2) is 0 Å². The number of hydrogen-bond acceptors (Lipinski definition) is 5. The molecule has 0 aromatic heterocycles. The fourth-order valence-electron chi connectivity index (χ4n) is 5.21. The zero-order valence-electron chi connectivity index (χ0n) is 13.5. The second-order valence-corrected chi connectivity index (χ2v) is 13.3. The summed E-state index contributed by atoms with van der Waals surface area (Å²) in [5.41, 5.74) is 0. The highest BCUT2D eigenvalue weighted by Crippen LogP contribution is 2.63. The molecule has 3 aliphatic rings. The van der Waals surface area contributed by atoms with Gasteiger partial charge in [-0.25, -0.2) is 16.8 Å². The molecule has 0 N–H and O–H groups in total. The van der Waals surface area contributed by atoms with E-state index in [-0.39, 0.29) is 18.1 Å². The van der Waals surface area contributed by atoms with Crippen molar-refractivity contribution in [1.82, 2.24) is 0 Å². The second kappa shape index (κ2) is 4.35. The molecule has 7 heteroatoms. The van der Waals surface area contributed by atoms with Gasteiger partial charge in [0.25, 0.3) is 0 Å². The van der Waals surface area contributed by atoms with Crippen molar-refractivity contribution in [2.24, 2.45) is 11.8 Å². The molecule has 5 nitrogen and oxygen atoms in total. The molecule has 1 aliphatic carbocycles. The van der Waals surface area contributed by atoms with E-state index < -0.39 is 45.6 Å². The molecule has 2 aliphatic heterocycles. The zero-order chi connectivity index (χ0) is 16.7. The molecule has 0 spiro atoms. The summed E-state index contributed by atoms with van der Waals surface area (Å²) in [6.45, 7) is 6.65. The number of carbonyl (C=O) groups is 1. The minimum absolute atomic E-state index is 0.215. The first-order chi connectivity index (χ1) is 9.91. The molecule has 0 aromatic rings. The van der Waals surface area contributed by atoms with Crippen molar-refractivity contribution in [3.05, 3.63) is 0 Å². The van der Waals surface area contributed by atoms with Crippen LogP contribution in [0, 0.1) is 11.8 Å². The molecule has 0 amide bonds. The van der Waals surface area contributed by atoms with Crippen LogP contribution >= 0.6 is 0 Å². The van der Waals surface area contributed by atoms with Crippen LogP contribution < -0.4 is 0 Å². The van der Waals surface area contributed by atoms with E-state index in [4.69, 9.17) is 0 Å². The number of rotatable bonds is 2. The summed E-state index contributed by atoms with van der Waals surface area (Å²) in [4.78, 5) is 12.4. The van der Waals surface area contributed by atoms with Gasteiger partial charge in [0.1, 0.15) is 5.25 Å². The predicted octanol–water partition coefficient (Wildman–Crippen LogP) is 1.51. The third kappa shape index (κ3) is 1.57. The number of fused-ring (bicyclic) bond motifs is 5. The van der Waals surface area contributed by atoms with Crippen LogP contribution in [0.2, 0.25) is 0 Å². The molecule has 2 heterocycles. The Bertz CT molecular complexity index is 736. The Morgan fingerprint density at radius 3 is 2.32 bits per heavy atom. The third-order valence-corrected chi connectivity index (χ3v) is 12.7. The molecule has 3 fully saturated rings. The maximum absolute atomic E-state index is 12.9. The minimum Gasteiger partial charge on any atom is -0.298 e. The lowest BCUT2D eigenvalue weighted by Crippen LogP contribution is -2.51. The predicted molar refractivity (Wildman–Crippen MR) is 84.0 cm³/mol. The smallest absolute Gasteiger partial charge is 0.166 e. The number of ketones is 1. The summed E-state index contributed by atoms with van der Waals surface area (Å²) in [5.74, 6) is -1.07. The van der Waals surface area contributed by atoms with Gasteiger partial charge in [0.2, 0.25) is 0 Å². The van der Waals surface area contributed by atoms with Crippen molar-refractivity contribution in [1.29, 1.82) is 0 Å². The summed E-state index contributed by atoms with van der Waals surface area (Å²) >= 11 is 0. The largest absolute Gasteiger partial charge is 0.298 e. The highest BCUT2D eigenvalue weighted by molar-refractivity contribution is 7.95. The number of sulfone groups is 2. The van der Waals surface area contributed by atoms with Crippen molar-refractivity contribution < 1.29 is 21.6 Å². The number of Topliss-reactive ketones (excluding diaryl/α,β-unsaturated/α-hetero) is 1. The SMILES string of the molecule is CC(C)S(=O)(=O)C1(C)CCC2C1C1C(=O)CCC2(C)S1(=O)=O. The molecular formula is C15H24O5S2. The van der Waals surface area contributed by atoms with Gasteiger partial charge in [-0.3, -0.25) is 4.79 Å². The van der Waals surface area contributed by atoms with Crippen molar-refractivity contribution in [3.8, 4) is 0 Å². The summed E-state index contributed by atoms with van der Waals surface area (Å²) < 4.78 is 49.5. The Morgan fingerprint density at radius 1 is 1.18 bits per heavy atom. The molecule has 1 saturated carbocycles. The van der Waals surface area contributed by atoms with E-state index in [1.807, 2.05) is 0 Å². The highest BCUT2D eigenvalue weighted by atomic mass is 32.2. The molecular weight excluding hydrogens is 324 g/mol. The Labute approximate surface area is 132 Å². The fraction of sp³-hybridized carbons (Fsp3) is 0.933. The minimum atomic E-state index is -3.61. The fourth-order valence-corrected chi connectivity index (χ4v) is 10.4. The lowest BCUT2D eigenvalue weighted by molar-refractivity contribution is -0.119. The first-order valence-electron chi connectivity index (χ1n) is 7.91. The first-order valence-corrected chi connectivity index (χ1v) is 11.0. The maximum Gasteiger partial charge on any atom is 0.166 e. The van der Waals surface area contributed by atoms with Crippen LogP contribution in [0.5, 0.6) is 0 Å². The van der Waals surface area contributed by atoms with Gasteiger partial charge in [0.15, 0.2) is 25.5 Å². The quantitative estimate of drug-likeness (QED) is 0.755. The number of carbonyl (C=O) groups excluding carboxylic acids is 1. The van der Waals surface area contributed by atoms with E-state index >= 15 is 0 Å². The van der Waals surface area contributed by atoms with Gasteiger partial charge in [-0.2, -0.15) is 0 Å². The monoisotopic (exact) mass is 348 g/mol. The molecule has 5 unspecified atom stereocenters. The summed E-state index contributed by atoms with van der Waals surface area (Å²) in [7, 11) is -7.09. The Kier molecular flexibility index (Phi) is 3.25. The van der Waals surface area contributed by atoms with E-state index in [2.05, 4.69) is 0 Å². The van der Waals surface area contributed by atoms with Crippen LogP contribution in [0.4, 0.5) is 0 Å². The molecule has 126 valence electrons. The van der Waals surface area contributed by atoms with Crippen molar-refractivity contribution in [3.63, 3.8) is 0 Å². The van der Waals surface area contributed by atoms with Crippen LogP contribution in [-0.2, 0) is 24.5 Å². The Morgan fingerprint density at radius 2 is 1.77 bits per heavy atom. The number of hydrogen-bond donors (Lipinski definition) is 0. The van der Waals surface area contributed by atoms with E-state index in [1.54, 1.807) is 27.7 Å². The van der Waals surface area contributed by atoms with Gasteiger partial charge in [0, 0.05) is 12.3 Å². The van der Waals surface area contributed by atoms with Gasteiger partial charge >= 0.3 is 0 Å². The summed E-state index contributed by atoms with van der Waals surface area (Å²) in [6, 6.07) is 0. The first kappa shape index (κ1) is 16.4. The molecule has 2 bridgehead atoms. The molecule has 5 atom stereocenters. The molecule has 0 radical (unpaired) electrons. The average Bonchev–Trinajstić information content (AvgIpc) is 2.77. The molecule has 3 rings (SSSR count). The van der Waals surface area contributed by atoms with Gasteiger partial charge < -0.3 is 0 Å². The van der Waals surface area contributed by atoms with E-state index in [0.717, 1.165) is 0 Å². The standard InChI is InChI=1S/C15H24O5S2/c1-9(2)21(17,18)15(4)7-5-10-12(15)13-11(16)6-8-14(10,3)22(13,19)20/h9-10,12-13H,5-8H2,1-4H3. The van der Waals surface area contributed by atoms with E-state index in [9.17, 15) is 21.6 Å². The van der Waals surface area contributed by atoms with Crippen molar-refractivity contribution in [2.75, 3.05) is 0 Å². The second-order valence-electron chi connectivity index (χ2n) is 7.82.